The van der Waals surface area contributed by atoms with Gasteiger partial charge in [-0.15, -0.1) is 0 Å². The quantitative estimate of drug-likeness (QED) is 0.737. The second-order valence-electron chi connectivity index (χ2n) is 6.96. The molecule has 0 aliphatic carbocycles. The number of piperazine rings is 1. The highest BCUT2D eigenvalue weighted by atomic mass is 16.5. The Kier molecular flexibility index (Phi) is 5.11. The van der Waals surface area contributed by atoms with Gasteiger partial charge in [-0.1, -0.05) is 25.1 Å². The number of likely N-dealkylation sites (N-methyl/N-ethyl adjacent to an activating group) is 1. The van der Waals surface area contributed by atoms with Crippen molar-refractivity contribution >= 4 is 21.9 Å². The van der Waals surface area contributed by atoms with Crippen LogP contribution in [-0.4, -0.2) is 66.9 Å². The second kappa shape index (κ2) is 7.66. The third-order valence-corrected chi connectivity index (χ3v) is 5.17. The molecule has 1 saturated heterocycles. The summed E-state index contributed by atoms with van der Waals surface area (Å²) in [5.74, 6) is 0.763. The molecule has 0 bridgehead atoms. The molecule has 0 spiro atoms. The highest BCUT2D eigenvalue weighted by Gasteiger charge is 2.18. The molecule has 0 saturated carbocycles. The summed E-state index contributed by atoms with van der Waals surface area (Å²) >= 11 is 0. The standard InChI is InChI=1S/C21H26N2O3/c1-2-22-9-11-23(12-10-22)14-16(24)15-25-17-7-8-21-19(13-17)18-5-3-4-6-20(18)26-21/h3-8,13,16,24H,2,9-12,14-15H2,1H3. The van der Waals surface area contributed by atoms with Crippen LogP contribution in [0.2, 0.25) is 0 Å². The van der Waals surface area contributed by atoms with Crippen molar-refractivity contribution < 1.29 is 14.3 Å². The van der Waals surface area contributed by atoms with E-state index in [1.807, 2.05) is 36.4 Å². The molecular formula is C21H26N2O3. The lowest BCUT2D eigenvalue weighted by Crippen LogP contribution is -2.49. The van der Waals surface area contributed by atoms with Gasteiger partial charge in [0, 0.05) is 43.5 Å². The zero-order valence-electron chi connectivity index (χ0n) is 15.2. The van der Waals surface area contributed by atoms with Crippen LogP contribution in [0.1, 0.15) is 6.92 Å². The summed E-state index contributed by atoms with van der Waals surface area (Å²) in [7, 11) is 0. The van der Waals surface area contributed by atoms with Crippen molar-refractivity contribution in [1.29, 1.82) is 0 Å². The first-order valence-corrected chi connectivity index (χ1v) is 9.40. The zero-order chi connectivity index (χ0) is 17.9. The molecular weight excluding hydrogens is 328 g/mol. The third-order valence-electron chi connectivity index (χ3n) is 5.17. The van der Waals surface area contributed by atoms with E-state index < -0.39 is 6.10 Å². The van der Waals surface area contributed by atoms with Crippen molar-refractivity contribution in [1.82, 2.24) is 9.80 Å². The van der Waals surface area contributed by atoms with Crippen LogP contribution >= 0.6 is 0 Å². The highest BCUT2D eigenvalue weighted by Crippen LogP contribution is 2.31. The van der Waals surface area contributed by atoms with Crippen LogP contribution in [-0.2, 0) is 0 Å². The Labute approximate surface area is 153 Å². The molecule has 3 aromatic rings. The number of β-amino-alcohol motifs (C(OH)–C–C–N with tert-alkyl or cyclic N) is 1. The van der Waals surface area contributed by atoms with Gasteiger partial charge in [0.15, 0.2) is 0 Å². The molecule has 4 rings (SSSR count). The smallest absolute Gasteiger partial charge is 0.135 e. The fourth-order valence-corrected chi connectivity index (χ4v) is 3.63. The fourth-order valence-electron chi connectivity index (χ4n) is 3.63. The fraction of sp³-hybridized carbons (Fsp3) is 0.429. The van der Waals surface area contributed by atoms with Gasteiger partial charge in [0.1, 0.15) is 29.6 Å². The Morgan fingerprint density at radius 3 is 2.54 bits per heavy atom. The molecule has 1 aromatic heterocycles. The summed E-state index contributed by atoms with van der Waals surface area (Å²) in [6.07, 6.45) is -0.486. The van der Waals surface area contributed by atoms with Crippen LogP contribution in [0.25, 0.3) is 21.9 Å². The SMILES string of the molecule is CCN1CCN(CC(O)COc2ccc3oc4ccccc4c3c2)CC1. The molecule has 1 atom stereocenters. The van der Waals surface area contributed by atoms with E-state index in [0.717, 1.165) is 60.4 Å². The number of furan rings is 1. The molecule has 2 aromatic carbocycles. The number of aliphatic hydroxyl groups is 1. The van der Waals surface area contributed by atoms with Crippen LogP contribution in [0.3, 0.4) is 0 Å². The van der Waals surface area contributed by atoms with E-state index in [4.69, 9.17) is 9.15 Å². The van der Waals surface area contributed by atoms with Gasteiger partial charge in [0.05, 0.1) is 0 Å². The summed E-state index contributed by atoms with van der Waals surface area (Å²) in [5, 5.41) is 12.5. The van der Waals surface area contributed by atoms with Gasteiger partial charge in [-0.3, -0.25) is 4.90 Å². The van der Waals surface area contributed by atoms with E-state index in [0.29, 0.717) is 13.2 Å². The summed E-state index contributed by atoms with van der Waals surface area (Å²) in [5.41, 5.74) is 1.73. The van der Waals surface area contributed by atoms with Gasteiger partial charge < -0.3 is 19.2 Å². The van der Waals surface area contributed by atoms with Crippen LogP contribution in [0.15, 0.2) is 46.9 Å². The number of ether oxygens (including phenoxy) is 1. The van der Waals surface area contributed by atoms with Crippen molar-refractivity contribution in [2.24, 2.45) is 0 Å². The maximum absolute atomic E-state index is 10.3. The zero-order valence-corrected chi connectivity index (χ0v) is 15.2. The van der Waals surface area contributed by atoms with E-state index in [2.05, 4.69) is 22.8 Å². The van der Waals surface area contributed by atoms with Gasteiger partial charge in [-0.2, -0.15) is 0 Å². The first-order chi connectivity index (χ1) is 12.7. The Hall–Kier alpha value is -2.08. The molecule has 5 nitrogen and oxygen atoms in total. The maximum Gasteiger partial charge on any atom is 0.135 e. The van der Waals surface area contributed by atoms with Crippen molar-refractivity contribution in [3.63, 3.8) is 0 Å². The van der Waals surface area contributed by atoms with E-state index in [9.17, 15) is 5.11 Å². The normalized spacial score (nSPS) is 17.8. The number of hydrogen-bond acceptors (Lipinski definition) is 5. The first-order valence-electron chi connectivity index (χ1n) is 9.40. The topological polar surface area (TPSA) is 49.1 Å². The van der Waals surface area contributed by atoms with Gasteiger partial charge in [-0.05, 0) is 30.8 Å². The van der Waals surface area contributed by atoms with Crippen LogP contribution in [0.4, 0.5) is 0 Å². The predicted octanol–water partition coefficient (Wildman–Crippen LogP) is 2.96. The number of rotatable bonds is 6. The molecule has 138 valence electrons. The molecule has 1 aliphatic rings. The summed E-state index contributed by atoms with van der Waals surface area (Å²) in [6.45, 7) is 8.44. The monoisotopic (exact) mass is 354 g/mol. The van der Waals surface area contributed by atoms with Crippen LogP contribution in [0, 0.1) is 0 Å². The number of aliphatic hydroxyl groups excluding tert-OH is 1. The third kappa shape index (κ3) is 3.70. The molecule has 0 amide bonds. The summed E-state index contributed by atoms with van der Waals surface area (Å²) in [4.78, 5) is 4.75. The van der Waals surface area contributed by atoms with Crippen LogP contribution < -0.4 is 4.74 Å². The van der Waals surface area contributed by atoms with Gasteiger partial charge in [-0.25, -0.2) is 0 Å². The van der Waals surface area contributed by atoms with E-state index in [1.165, 1.54) is 0 Å². The van der Waals surface area contributed by atoms with Gasteiger partial charge in [0.25, 0.3) is 0 Å². The second-order valence-corrected chi connectivity index (χ2v) is 6.96. The van der Waals surface area contributed by atoms with E-state index in [-0.39, 0.29) is 0 Å². The minimum absolute atomic E-state index is 0.301. The molecule has 26 heavy (non-hydrogen) atoms. The molecule has 1 fully saturated rings. The lowest BCUT2D eigenvalue weighted by Gasteiger charge is -2.34. The van der Waals surface area contributed by atoms with Crippen molar-refractivity contribution in [2.75, 3.05) is 45.9 Å². The minimum atomic E-state index is -0.486. The Balaban J connectivity index is 1.36. The molecule has 0 radical (unpaired) electrons. The molecule has 1 unspecified atom stereocenters. The average Bonchev–Trinajstić information content (AvgIpc) is 3.05. The van der Waals surface area contributed by atoms with E-state index in [1.54, 1.807) is 0 Å². The summed E-state index contributed by atoms with van der Waals surface area (Å²) in [6, 6.07) is 13.8. The van der Waals surface area contributed by atoms with Gasteiger partial charge >= 0.3 is 0 Å². The molecule has 1 N–H and O–H groups in total. The minimum Gasteiger partial charge on any atom is -0.491 e. The number of para-hydroxylation sites is 1. The predicted molar refractivity (Wildman–Crippen MR) is 104 cm³/mol. The lowest BCUT2D eigenvalue weighted by molar-refractivity contribution is 0.0471. The van der Waals surface area contributed by atoms with Crippen molar-refractivity contribution in [3.8, 4) is 5.75 Å². The Bertz CT molecular complexity index is 868. The number of benzene rings is 2. The van der Waals surface area contributed by atoms with Crippen molar-refractivity contribution in [2.45, 2.75) is 13.0 Å². The van der Waals surface area contributed by atoms with E-state index >= 15 is 0 Å². The Morgan fingerprint density at radius 1 is 1.00 bits per heavy atom. The largest absolute Gasteiger partial charge is 0.491 e. The molecule has 5 heteroatoms. The summed E-state index contributed by atoms with van der Waals surface area (Å²) < 4.78 is 11.7. The molecule has 1 aliphatic heterocycles. The van der Waals surface area contributed by atoms with Crippen molar-refractivity contribution in [3.05, 3.63) is 42.5 Å². The number of nitrogens with zero attached hydrogens (tertiary/aromatic N) is 2. The van der Waals surface area contributed by atoms with Crippen LogP contribution in [0.5, 0.6) is 5.75 Å². The maximum atomic E-state index is 10.3. The lowest BCUT2D eigenvalue weighted by atomic mass is 10.1. The average molecular weight is 354 g/mol. The highest BCUT2D eigenvalue weighted by molar-refractivity contribution is 6.05. The van der Waals surface area contributed by atoms with Gasteiger partial charge in [0.2, 0.25) is 0 Å². The first kappa shape index (κ1) is 17.3. The number of hydrogen-bond donors (Lipinski definition) is 1. The molecule has 2 heterocycles. The number of fused-ring (bicyclic) bond motifs is 3. The Morgan fingerprint density at radius 2 is 1.73 bits per heavy atom.